The molecule has 0 radical (unpaired) electrons. The van der Waals surface area contributed by atoms with Gasteiger partial charge in [-0.2, -0.15) is 0 Å². The lowest BCUT2D eigenvalue weighted by atomic mass is 9.98. The maximum absolute atomic E-state index is 13.7. The number of benzene rings is 3. The van der Waals surface area contributed by atoms with Crippen LogP contribution < -0.4 is 0 Å². The van der Waals surface area contributed by atoms with Crippen LogP contribution in [-0.2, 0) is 6.42 Å². The van der Waals surface area contributed by atoms with E-state index >= 15 is 0 Å². The van der Waals surface area contributed by atoms with Gasteiger partial charge >= 0.3 is 0 Å². The number of hydrogen-bond acceptors (Lipinski definition) is 0. The van der Waals surface area contributed by atoms with Crippen LogP contribution in [0.2, 0.25) is 0 Å². The Bertz CT molecular complexity index is 778. The van der Waals surface area contributed by atoms with E-state index in [0.717, 1.165) is 22.4 Å². The van der Waals surface area contributed by atoms with Gasteiger partial charge in [0.1, 0.15) is 11.6 Å². The third-order valence-corrected chi connectivity index (χ3v) is 3.96. The van der Waals surface area contributed by atoms with E-state index in [1.54, 1.807) is 0 Å². The quantitative estimate of drug-likeness (QED) is 0.549. The molecule has 1 atom stereocenters. The van der Waals surface area contributed by atoms with Gasteiger partial charge in [-0.15, -0.1) is 11.6 Å². The van der Waals surface area contributed by atoms with E-state index in [2.05, 4.69) is 0 Å². The SMILES string of the molecule is Fc1ccc(CC(Cl)c2cccc3ccccc23)c(F)c1. The van der Waals surface area contributed by atoms with E-state index in [9.17, 15) is 8.78 Å². The summed E-state index contributed by atoms with van der Waals surface area (Å²) in [5.74, 6) is -1.13. The highest BCUT2D eigenvalue weighted by Crippen LogP contribution is 2.31. The highest BCUT2D eigenvalue weighted by atomic mass is 35.5. The van der Waals surface area contributed by atoms with Gasteiger partial charge in [-0.1, -0.05) is 48.5 Å². The molecule has 3 heteroatoms. The zero-order chi connectivity index (χ0) is 14.8. The average molecular weight is 303 g/mol. The van der Waals surface area contributed by atoms with Crippen LogP contribution >= 0.6 is 11.6 Å². The zero-order valence-corrected chi connectivity index (χ0v) is 11.9. The minimum Gasteiger partial charge on any atom is -0.207 e. The van der Waals surface area contributed by atoms with Crippen LogP contribution in [0.3, 0.4) is 0 Å². The van der Waals surface area contributed by atoms with Crippen molar-refractivity contribution in [3.63, 3.8) is 0 Å². The molecule has 1 unspecified atom stereocenters. The van der Waals surface area contributed by atoms with Crippen LogP contribution in [0, 0.1) is 11.6 Å². The number of halogens is 3. The molecule has 0 bridgehead atoms. The van der Waals surface area contributed by atoms with E-state index < -0.39 is 11.6 Å². The Morgan fingerprint density at radius 3 is 2.48 bits per heavy atom. The van der Waals surface area contributed by atoms with Crippen molar-refractivity contribution in [2.45, 2.75) is 11.8 Å². The summed E-state index contributed by atoms with van der Waals surface area (Å²) in [6, 6.07) is 17.4. The molecule has 0 aliphatic carbocycles. The van der Waals surface area contributed by atoms with Crippen molar-refractivity contribution < 1.29 is 8.78 Å². The third kappa shape index (κ3) is 2.91. The second kappa shape index (κ2) is 5.82. The van der Waals surface area contributed by atoms with Crippen LogP contribution in [0.25, 0.3) is 10.8 Å². The van der Waals surface area contributed by atoms with Crippen molar-refractivity contribution in [3.05, 3.63) is 83.4 Å². The van der Waals surface area contributed by atoms with E-state index in [1.807, 2.05) is 42.5 Å². The normalized spacial score (nSPS) is 12.5. The largest absolute Gasteiger partial charge is 0.207 e. The molecule has 0 amide bonds. The number of rotatable bonds is 3. The molecule has 0 saturated heterocycles. The molecule has 0 aliphatic rings. The van der Waals surface area contributed by atoms with Gasteiger partial charge in [0.05, 0.1) is 5.38 Å². The molecule has 3 aromatic rings. The molecule has 0 aliphatic heterocycles. The molecule has 3 aromatic carbocycles. The first-order valence-corrected chi connectivity index (χ1v) is 7.14. The second-order valence-electron chi connectivity index (χ2n) is 4.98. The van der Waals surface area contributed by atoms with Gasteiger partial charge in [-0.05, 0) is 34.4 Å². The van der Waals surface area contributed by atoms with Gasteiger partial charge in [0.25, 0.3) is 0 Å². The van der Waals surface area contributed by atoms with Crippen LogP contribution in [0.4, 0.5) is 8.78 Å². The topological polar surface area (TPSA) is 0 Å². The van der Waals surface area contributed by atoms with Crippen molar-refractivity contribution in [3.8, 4) is 0 Å². The van der Waals surface area contributed by atoms with Crippen molar-refractivity contribution in [2.75, 3.05) is 0 Å². The summed E-state index contributed by atoms with van der Waals surface area (Å²) >= 11 is 6.47. The van der Waals surface area contributed by atoms with Gasteiger partial charge in [0.2, 0.25) is 0 Å². The maximum atomic E-state index is 13.7. The minimum atomic E-state index is -0.576. The van der Waals surface area contributed by atoms with Crippen molar-refractivity contribution in [2.24, 2.45) is 0 Å². The fraction of sp³-hybridized carbons (Fsp3) is 0.111. The molecule has 21 heavy (non-hydrogen) atoms. The Labute approximate surface area is 127 Å². The summed E-state index contributed by atoms with van der Waals surface area (Å²) in [7, 11) is 0. The second-order valence-corrected chi connectivity index (χ2v) is 5.50. The van der Waals surface area contributed by atoms with Crippen LogP contribution in [-0.4, -0.2) is 0 Å². The summed E-state index contributed by atoms with van der Waals surface area (Å²) < 4.78 is 26.7. The van der Waals surface area contributed by atoms with Gasteiger partial charge < -0.3 is 0 Å². The lowest BCUT2D eigenvalue weighted by molar-refractivity contribution is 0.571. The molecule has 0 fully saturated rings. The molecule has 3 rings (SSSR count). The Morgan fingerprint density at radius 2 is 1.67 bits per heavy atom. The number of hydrogen-bond donors (Lipinski definition) is 0. The highest BCUT2D eigenvalue weighted by molar-refractivity contribution is 6.22. The third-order valence-electron chi connectivity index (χ3n) is 3.58. The number of fused-ring (bicyclic) bond motifs is 1. The lowest BCUT2D eigenvalue weighted by Gasteiger charge is -2.13. The van der Waals surface area contributed by atoms with Gasteiger partial charge in [-0.3, -0.25) is 0 Å². The van der Waals surface area contributed by atoms with Crippen molar-refractivity contribution in [1.29, 1.82) is 0 Å². The van der Waals surface area contributed by atoms with E-state index in [1.165, 1.54) is 12.1 Å². The minimum absolute atomic E-state index is 0.321. The Balaban J connectivity index is 1.95. The molecule has 0 nitrogen and oxygen atoms in total. The van der Waals surface area contributed by atoms with Crippen molar-refractivity contribution in [1.82, 2.24) is 0 Å². The molecule has 0 heterocycles. The van der Waals surface area contributed by atoms with Gasteiger partial charge in [-0.25, -0.2) is 8.78 Å². The maximum Gasteiger partial charge on any atom is 0.129 e. The fourth-order valence-corrected chi connectivity index (χ4v) is 2.87. The molecule has 0 saturated carbocycles. The molecular weight excluding hydrogens is 290 g/mol. The molecule has 0 spiro atoms. The average Bonchev–Trinajstić information content (AvgIpc) is 2.49. The first-order chi connectivity index (χ1) is 10.1. The standard InChI is InChI=1S/C18H13ClF2/c19-17(10-13-8-9-14(20)11-18(13)21)16-7-3-5-12-4-1-2-6-15(12)16/h1-9,11,17H,10H2. The van der Waals surface area contributed by atoms with Gasteiger partial charge in [0.15, 0.2) is 0 Å². The van der Waals surface area contributed by atoms with Crippen LogP contribution in [0.1, 0.15) is 16.5 Å². The van der Waals surface area contributed by atoms with E-state index in [4.69, 9.17) is 11.6 Å². The Hall–Kier alpha value is -1.93. The summed E-state index contributed by atoms with van der Waals surface area (Å²) in [5.41, 5.74) is 1.38. The summed E-state index contributed by atoms with van der Waals surface area (Å²) in [5, 5.41) is 1.79. The lowest BCUT2D eigenvalue weighted by Crippen LogP contribution is -2.00. The summed E-state index contributed by atoms with van der Waals surface area (Å²) in [4.78, 5) is 0. The highest BCUT2D eigenvalue weighted by Gasteiger charge is 2.14. The van der Waals surface area contributed by atoms with E-state index in [0.29, 0.717) is 12.0 Å². The fourth-order valence-electron chi connectivity index (χ4n) is 2.51. The molecule has 106 valence electrons. The number of alkyl halides is 1. The predicted molar refractivity (Wildman–Crippen MR) is 82.6 cm³/mol. The molecular formula is C18H13ClF2. The van der Waals surface area contributed by atoms with Crippen LogP contribution in [0.15, 0.2) is 60.7 Å². The van der Waals surface area contributed by atoms with Crippen molar-refractivity contribution >= 4 is 22.4 Å². The smallest absolute Gasteiger partial charge is 0.129 e. The monoisotopic (exact) mass is 302 g/mol. The van der Waals surface area contributed by atoms with Crippen LogP contribution in [0.5, 0.6) is 0 Å². The summed E-state index contributed by atoms with van der Waals surface area (Å²) in [6.07, 6.45) is 0.321. The molecule has 0 N–H and O–H groups in total. The summed E-state index contributed by atoms with van der Waals surface area (Å²) in [6.45, 7) is 0. The predicted octanol–water partition coefficient (Wildman–Crippen LogP) is 5.64. The zero-order valence-electron chi connectivity index (χ0n) is 11.2. The van der Waals surface area contributed by atoms with Gasteiger partial charge in [0, 0.05) is 6.07 Å². The Kier molecular flexibility index (Phi) is 3.89. The Morgan fingerprint density at radius 1 is 0.905 bits per heavy atom. The first kappa shape index (κ1) is 14.0. The molecule has 0 aromatic heterocycles. The van der Waals surface area contributed by atoms with E-state index in [-0.39, 0.29) is 5.38 Å². The first-order valence-electron chi connectivity index (χ1n) is 6.71.